The molecule has 5 nitrogen and oxygen atoms in total. The number of benzene rings is 1. The molecule has 0 bridgehead atoms. The average molecular weight is 316 g/mol. The van der Waals surface area contributed by atoms with Gasteiger partial charge in [0.25, 0.3) is 0 Å². The van der Waals surface area contributed by atoms with Crippen molar-refractivity contribution in [3.63, 3.8) is 0 Å². The highest BCUT2D eigenvalue weighted by Gasteiger charge is 2.32. The van der Waals surface area contributed by atoms with Gasteiger partial charge in [-0.3, -0.25) is 0 Å². The number of aromatic nitrogens is 1. The average Bonchev–Trinajstić information content (AvgIpc) is 3.12. The van der Waals surface area contributed by atoms with Crippen LogP contribution in [0.2, 0.25) is 0 Å². The Bertz CT molecular complexity index is 687. The van der Waals surface area contributed by atoms with Crippen molar-refractivity contribution in [2.75, 3.05) is 13.2 Å². The number of hydrogen-bond acceptors (Lipinski definition) is 3. The molecule has 1 amide bonds. The van der Waals surface area contributed by atoms with E-state index < -0.39 is 5.60 Å². The summed E-state index contributed by atoms with van der Waals surface area (Å²) in [4.78, 5) is 17.3. The molecule has 1 aliphatic heterocycles. The summed E-state index contributed by atoms with van der Waals surface area (Å²) < 4.78 is 11.5. The summed E-state index contributed by atoms with van der Waals surface area (Å²) in [6, 6.07) is 8.02. The number of nitrogens with zero attached hydrogens (tertiary/aromatic N) is 1. The third kappa shape index (κ3) is 3.60. The third-order valence-electron chi connectivity index (χ3n) is 3.99. The fourth-order valence-corrected chi connectivity index (χ4v) is 2.94. The van der Waals surface area contributed by atoms with Crippen LogP contribution in [0.5, 0.6) is 5.75 Å². The standard InChI is InChI=1S/C18H24N2O3/c1-18(2,3)23-17(21)20-11-5-6-13(20)12-22-16-8-4-7-15-14(16)9-10-19-15/h4,7-10,13,19H,5-6,11-12H2,1-3H3/t13-/m0/s1. The van der Waals surface area contributed by atoms with Crippen LogP contribution in [0, 0.1) is 0 Å². The maximum Gasteiger partial charge on any atom is 0.410 e. The third-order valence-corrected chi connectivity index (χ3v) is 3.99. The number of H-pyrrole nitrogens is 1. The number of carbonyl (C=O) groups excluding carboxylic acids is 1. The van der Waals surface area contributed by atoms with E-state index in [4.69, 9.17) is 9.47 Å². The van der Waals surface area contributed by atoms with E-state index in [1.165, 1.54) is 0 Å². The van der Waals surface area contributed by atoms with Crippen molar-refractivity contribution in [3.05, 3.63) is 30.5 Å². The van der Waals surface area contributed by atoms with Crippen LogP contribution in [0.3, 0.4) is 0 Å². The summed E-state index contributed by atoms with van der Waals surface area (Å²) in [7, 11) is 0. The van der Waals surface area contributed by atoms with Gasteiger partial charge < -0.3 is 19.4 Å². The van der Waals surface area contributed by atoms with Gasteiger partial charge in [0.15, 0.2) is 0 Å². The highest BCUT2D eigenvalue weighted by atomic mass is 16.6. The van der Waals surface area contributed by atoms with Crippen LogP contribution in [-0.4, -0.2) is 40.8 Å². The van der Waals surface area contributed by atoms with Gasteiger partial charge in [0, 0.05) is 23.6 Å². The number of likely N-dealkylation sites (tertiary alicyclic amines) is 1. The number of rotatable bonds is 3. The van der Waals surface area contributed by atoms with Gasteiger partial charge in [0.1, 0.15) is 18.0 Å². The fourth-order valence-electron chi connectivity index (χ4n) is 2.94. The molecule has 0 radical (unpaired) electrons. The molecular weight excluding hydrogens is 292 g/mol. The quantitative estimate of drug-likeness (QED) is 0.933. The van der Waals surface area contributed by atoms with Crippen molar-refractivity contribution >= 4 is 17.0 Å². The minimum Gasteiger partial charge on any atom is -0.491 e. The summed E-state index contributed by atoms with van der Waals surface area (Å²) in [5, 5.41) is 1.06. The summed E-state index contributed by atoms with van der Waals surface area (Å²) in [5.74, 6) is 0.847. The van der Waals surface area contributed by atoms with E-state index in [1.54, 1.807) is 4.90 Å². The van der Waals surface area contributed by atoms with Crippen molar-refractivity contribution in [3.8, 4) is 5.75 Å². The summed E-state index contributed by atoms with van der Waals surface area (Å²) >= 11 is 0. The van der Waals surface area contributed by atoms with Crippen LogP contribution in [0.1, 0.15) is 33.6 Å². The van der Waals surface area contributed by atoms with Crippen molar-refractivity contribution < 1.29 is 14.3 Å². The SMILES string of the molecule is CC(C)(C)OC(=O)N1CCC[C@H]1COc1cccc2[nH]ccc12. The van der Waals surface area contributed by atoms with Gasteiger partial charge in [-0.2, -0.15) is 0 Å². The van der Waals surface area contributed by atoms with Crippen LogP contribution in [0.4, 0.5) is 4.79 Å². The maximum atomic E-state index is 12.3. The first-order chi connectivity index (χ1) is 10.9. The Morgan fingerprint density at radius 3 is 2.96 bits per heavy atom. The first kappa shape index (κ1) is 15.7. The number of carbonyl (C=O) groups is 1. The normalized spacial score (nSPS) is 18.4. The van der Waals surface area contributed by atoms with E-state index in [0.717, 1.165) is 36.0 Å². The lowest BCUT2D eigenvalue weighted by atomic mass is 10.2. The van der Waals surface area contributed by atoms with Gasteiger partial charge in [-0.1, -0.05) is 6.07 Å². The molecule has 1 aromatic carbocycles. The van der Waals surface area contributed by atoms with Gasteiger partial charge in [-0.05, 0) is 51.8 Å². The molecule has 1 atom stereocenters. The Morgan fingerprint density at radius 1 is 1.35 bits per heavy atom. The molecule has 23 heavy (non-hydrogen) atoms. The molecule has 1 N–H and O–H groups in total. The van der Waals surface area contributed by atoms with Gasteiger partial charge in [-0.15, -0.1) is 0 Å². The topological polar surface area (TPSA) is 54.6 Å². The van der Waals surface area contributed by atoms with Gasteiger partial charge in [0.2, 0.25) is 0 Å². The van der Waals surface area contributed by atoms with Crippen LogP contribution < -0.4 is 4.74 Å². The number of ether oxygens (including phenoxy) is 2. The molecular formula is C18H24N2O3. The first-order valence-corrected chi connectivity index (χ1v) is 8.12. The van der Waals surface area contributed by atoms with Crippen LogP contribution in [0.15, 0.2) is 30.5 Å². The molecule has 124 valence electrons. The molecule has 1 saturated heterocycles. The van der Waals surface area contributed by atoms with Gasteiger partial charge in [0.05, 0.1) is 6.04 Å². The highest BCUT2D eigenvalue weighted by molar-refractivity contribution is 5.85. The second kappa shape index (κ2) is 6.14. The summed E-state index contributed by atoms with van der Waals surface area (Å²) in [5.41, 5.74) is 0.583. The number of hydrogen-bond donors (Lipinski definition) is 1. The van der Waals surface area contributed by atoms with Crippen LogP contribution >= 0.6 is 0 Å². The molecule has 2 heterocycles. The molecule has 1 aromatic heterocycles. The van der Waals surface area contributed by atoms with E-state index in [9.17, 15) is 4.79 Å². The van der Waals surface area contributed by atoms with E-state index in [2.05, 4.69) is 4.98 Å². The lowest BCUT2D eigenvalue weighted by Crippen LogP contribution is -2.42. The molecule has 0 spiro atoms. The predicted molar refractivity (Wildman–Crippen MR) is 89.8 cm³/mol. The zero-order chi connectivity index (χ0) is 16.4. The van der Waals surface area contributed by atoms with Crippen molar-refractivity contribution in [1.29, 1.82) is 0 Å². The van der Waals surface area contributed by atoms with Gasteiger partial charge in [-0.25, -0.2) is 4.79 Å². The molecule has 1 aliphatic rings. The summed E-state index contributed by atoms with van der Waals surface area (Å²) in [6.45, 7) is 6.89. The molecule has 5 heteroatoms. The van der Waals surface area contributed by atoms with Crippen molar-refractivity contribution in [2.45, 2.75) is 45.3 Å². The summed E-state index contributed by atoms with van der Waals surface area (Å²) in [6.07, 6.45) is 3.59. The molecule has 0 aliphatic carbocycles. The highest BCUT2D eigenvalue weighted by Crippen LogP contribution is 2.26. The lowest BCUT2D eigenvalue weighted by Gasteiger charge is -2.28. The molecule has 0 unspecified atom stereocenters. The van der Waals surface area contributed by atoms with Gasteiger partial charge >= 0.3 is 6.09 Å². The molecule has 1 fully saturated rings. The Morgan fingerprint density at radius 2 is 2.17 bits per heavy atom. The number of nitrogens with one attached hydrogen (secondary N) is 1. The van der Waals surface area contributed by atoms with E-state index in [1.807, 2.05) is 51.2 Å². The molecule has 0 saturated carbocycles. The fraction of sp³-hybridized carbons (Fsp3) is 0.500. The number of amides is 1. The first-order valence-electron chi connectivity index (χ1n) is 8.12. The number of fused-ring (bicyclic) bond motifs is 1. The van der Waals surface area contributed by atoms with Crippen molar-refractivity contribution in [1.82, 2.24) is 9.88 Å². The lowest BCUT2D eigenvalue weighted by molar-refractivity contribution is 0.0188. The second-order valence-corrected chi connectivity index (χ2v) is 6.98. The minimum absolute atomic E-state index is 0.0686. The van der Waals surface area contributed by atoms with Crippen molar-refractivity contribution in [2.24, 2.45) is 0 Å². The van der Waals surface area contributed by atoms with Crippen LogP contribution in [-0.2, 0) is 4.74 Å². The monoisotopic (exact) mass is 316 g/mol. The zero-order valence-corrected chi connectivity index (χ0v) is 14.0. The Balaban J connectivity index is 1.65. The van der Waals surface area contributed by atoms with E-state index >= 15 is 0 Å². The van der Waals surface area contributed by atoms with E-state index in [0.29, 0.717) is 6.61 Å². The Hall–Kier alpha value is -2.17. The Labute approximate surface area is 136 Å². The molecule has 3 rings (SSSR count). The van der Waals surface area contributed by atoms with Crippen LogP contribution in [0.25, 0.3) is 10.9 Å². The largest absolute Gasteiger partial charge is 0.491 e. The zero-order valence-electron chi connectivity index (χ0n) is 14.0. The van der Waals surface area contributed by atoms with E-state index in [-0.39, 0.29) is 12.1 Å². The second-order valence-electron chi connectivity index (χ2n) is 6.98. The minimum atomic E-state index is -0.470. The number of aromatic amines is 1. The smallest absolute Gasteiger partial charge is 0.410 e. The molecule has 2 aromatic rings. The maximum absolute atomic E-state index is 12.3. The Kier molecular flexibility index (Phi) is 4.20. The predicted octanol–water partition coefficient (Wildman–Crippen LogP) is 3.95.